The Morgan fingerprint density at radius 1 is 0.194 bits per heavy atom. The molecule has 0 nitrogen and oxygen atoms in total. The Hall–Kier alpha value is -7.54. The van der Waals surface area contributed by atoms with Gasteiger partial charge < -0.3 is 0 Å². The Balaban J connectivity index is 1.24. The van der Waals surface area contributed by atoms with Gasteiger partial charge in [-0.15, -0.1) is 0 Å². The molecular weight excluding hydrogens is 745 g/mol. The van der Waals surface area contributed by atoms with E-state index in [0.29, 0.717) is 0 Å². The number of rotatable bonds is 4. The zero-order chi connectivity index (χ0) is 41.4. The van der Waals surface area contributed by atoms with Crippen molar-refractivity contribution in [2.24, 2.45) is 0 Å². The second kappa shape index (κ2) is 13.0. The van der Waals surface area contributed by atoms with E-state index >= 15 is 0 Å². The number of hydrogen-bond donors (Lipinski definition) is 0. The Morgan fingerprint density at radius 3 is 0.887 bits per heavy atom. The molecule has 13 rings (SSSR count). The normalized spacial score (nSPS) is 12.2. The largest absolute Gasteiger partial charge is 0.0620 e. The summed E-state index contributed by atoms with van der Waals surface area (Å²) in [5, 5.41) is 21.1. The van der Waals surface area contributed by atoms with Gasteiger partial charge in [0.15, 0.2) is 0 Å². The second-order valence-electron chi connectivity index (χ2n) is 17.7. The molecule has 0 aliphatic carbocycles. The highest BCUT2D eigenvalue weighted by Gasteiger charge is 2.24. The lowest BCUT2D eigenvalue weighted by Gasteiger charge is -2.17. The van der Waals surface area contributed by atoms with E-state index in [-0.39, 0.29) is 0 Å². The molecule has 290 valence electrons. The van der Waals surface area contributed by atoms with Crippen molar-refractivity contribution >= 4 is 86.2 Å². The van der Waals surface area contributed by atoms with Gasteiger partial charge in [0.2, 0.25) is 0 Å². The molecule has 0 aliphatic heterocycles. The Morgan fingerprint density at radius 2 is 0.500 bits per heavy atom. The van der Waals surface area contributed by atoms with E-state index in [9.17, 15) is 0 Å². The summed E-state index contributed by atoms with van der Waals surface area (Å²) in [6.45, 7) is 8.94. The van der Waals surface area contributed by atoms with Crippen LogP contribution in [-0.4, -0.2) is 0 Å². The molecule has 0 aliphatic rings. The first-order valence-corrected chi connectivity index (χ1v) is 21.9. The monoisotopic (exact) mass is 786 g/mol. The van der Waals surface area contributed by atoms with Crippen LogP contribution in [0, 0.1) is 27.7 Å². The maximum atomic E-state index is 2.55. The standard InChI is InChI=1S/C62H42/c1-35-13-5-9-17-41(35)39-21-23-45-49-27-25-47(43-19-11-7-15-37(43)3)59-51-29-30-52-56(55(51)33-57(61(49)59)53(45)31-39)34-58-54-32-40(42-18-10-6-14-36(42)2)22-24-46(54)50-28-26-48(60(52)62(50)58)44-20-12-8-16-38(44)4/h5-34H,1-4H3. The van der Waals surface area contributed by atoms with Gasteiger partial charge in [0.25, 0.3) is 0 Å². The molecule has 0 aromatic heterocycles. The Kier molecular flexibility index (Phi) is 7.38. The van der Waals surface area contributed by atoms with Crippen LogP contribution in [0.25, 0.3) is 131 Å². The maximum Gasteiger partial charge on any atom is -0.00137 e. The van der Waals surface area contributed by atoms with Crippen LogP contribution in [0.3, 0.4) is 0 Å². The van der Waals surface area contributed by atoms with Gasteiger partial charge >= 0.3 is 0 Å². The maximum absolute atomic E-state index is 2.55. The van der Waals surface area contributed by atoms with Gasteiger partial charge in [-0.1, -0.05) is 158 Å². The minimum absolute atomic E-state index is 1.26. The predicted octanol–water partition coefficient (Wildman–Crippen LogP) is 17.7. The molecule has 13 aromatic carbocycles. The molecule has 0 fully saturated rings. The molecule has 0 atom stereocenters. The smallest absolute Gasteiger partial charge is 0.00137 e. The molecule has 0 spiro atoms. The van der Waals surface area contributed by atoms with Crippen molar-refractivity contribution in [2.45, 2.75) is 27.7 Å². The van der Waals surface area contributed by atoms with Crippen molar-refractivity contribution in [1.29, 1.82) is 0 Å². The van der Waals surface area contributed by atoms with Crippen LogP contribution in [0.5, 0.6) is 0 Å². The number of fused-ring (bicyclic) bond motifs is 11. The summed E-state index contributed by atoms with van der Waals surface area (Å²) in [5.41, 5.74) is 15.4. The van der Waals surface area contributed by atoms with E-state index in [1.54, 1.807) is 0 Å². The van der Waals surface area contributed by atoms with Crippen molar-refractivity contribution in [3.8, 4) is 44.5 Å². The van der Waals surface area contributed by atoms with Crippen LogP contribution in [-0.2, 0) is 0 Å². The van der Waals surface area contributed by atoms with E-state index in [2.05, 4.69) is 210 Å². The van der Waals surface area contributed by atoms with Gasteiger partial charge in [0.1, 0.15) is 0 Å². The quantitative estimate of drug-likeness (QED) is 0.156. The fourth-order valence-electron chi connectivity index (χ4n) is 11.3. The zero-order valence-electron chi connectivity index (χ0n) is 35.3. The molecule has 0 N–H and O–H groups in total. The lowest BCUT2D eigenvalue weighted by Crippen LogP contribution is -1.90. The third-order valence-corrected chi connectivity index (χ3v) is 14.3. The molecule has 0 saturated carbocycles. The Bertz CT molecular complexity index is 3750. The summed E-state index contributed by atoms with van der Waals surface area (Å²) in [6, 6.07) is 69.2. The minimum atomic E-state index is 1.26. The molecule has 0 bridgehead atoms. The van der Waals surface area contributed by atoms with Gasteiger partial charge in [-0.2, -0.15) is 0 Å². The third-order valence-electron chi connectivity index (χ3n) is 14.3. The molecule has 0 heterocycles. The SMILES string of the molecule is Cc1ccccc1-c1ccc2c(c1)c1cc3c4cc5c6cc(-c7ccccc7C)ccc6c6ccc(-c7ccccc7C)c(c4ccc3c3c(-c4ccccc4C)ccc2c13)c65. The highest BCUT2D eigenvalue weighted by molar-refractivity contribution is 6.42. The first-order valence-electron chi connectivity index (χ1n) is 21.9. The van der Waals surface area contributed by atoms with Gasteiger partial charge in [0.05, 0.1) is 0 Å². The molecule has 0 heteroatoms. The predicted molar refractivity (Wildman–Crippen MR) is 270 cm³/mol. The van der Waals surface area contributed by atoms with Gasteiger partial charge in [-0.05, 0) is 205 Å². The van der Waals surface area contributed by atoms with Crippen LogP contribution < -0.4 is 0 Å². The van der Waals surface area contributed by atoms with E-state index < -0.39 is 0 Å². The third kappa shape index (κ3) is 4.84. The van der Waals surface area contributed by atoms with Gasteiger partial charge in [-0.3, -0.25) is 0 Å². The van der Waals surface area contributed by atoms with Crippen LogP contribution in [0.4, 0.5) is 0 Å². The molecule has 0 amide bonds. The van der Waals surface area contributed by atoms with Crippen LogP contribution in [0.15, 0.2) is 182 Å². The molecule has 13 aromatic rings. The topological polar surface area (TPSA) is 0 Å². The number of aryl methyl sites for hydroxylation is 4. The van der Waals surface area contributed by atoms with E-state index in [1.165, 1.54) is 153 Å². The van der Waals surface area contributed by atoms with Crippen molar-refractivity contribution in [3.05, 3.63) is 204 Å². The number of hydrogen-bond acceptors (Lipinski definition) is 0. The molecule has 0 radical (unpaired) electrons. The molecule has 0 saturated heterocycles. The van der Waals surface area contributed by atoms with Gasteiger partial charge in [0, 0.05) is 0 Å². The average molecular weight is 787 g/mol. The minimum Gasteiger partial charge on any atom is -0.0620 e. The zero-order valence-corrected chi connectivity index (χ0v) is 35.3. The van der Waals surface area contributed by atoms with Crippen molar-refractivity contribution < 1.29 is 0 Å². The number of benzene rings is 11. The van der Waals surface area contributed by atoms with Crippen molar-refractivity contribution in [3.63, 3.8) is 0 Å². The van der Waals surface area contributed by atoms with E-state index in [0.717, 1.165) is 0 Å². The fourth-order valence-corrected chi connectivity index (χ4v) is 11.3. The fraction of sp³-hybridized carbons (Fsp3) is 0.0645. The van der Waals surface area contributed by atoms with Crippen molar-refractivity contribution in [1.82, 2.24) is 0 Å². The first-order chi connectivity index (χ1) is 30.4. The molecular formula is C62H42. The highest BCUT2D eigenvalue weighted by Crippen LogP contribution is 2.52. The summed E-state index contributed by atoms with van der Waals surface area (Å²) >= 11 is 0. The summed E-state index contributed by atoms with van der Waals surface area (Å²) in [6.07, 6.45) is 0. The molecule has 0 unspecified atom stereocenters. The summed E-state index contributed by atoms with van der Waals surface area (Å²) < 4.78 is 0. The van der Waals surface area contributed by atoms with Crippen LogP contribution in [0.1, 0.15) is 22.3 Å². The van der Waals surface area contributed by atoms with Crippen LogP contribution >= 0.6 is 0 Å². The lowest BCUT2D eigenvalue weighted by atomic mass is 9.86. The second-order valence-corrected chi connectivity index (χ2v) is 17.7. The van der Waals surface area contributed by atoms with Gasteiger partial charge in [-0.25, -0.2) is 0 Å². The summed E-state index contributed by atoms with van der Waals surface area (Å²) in [7, 11) is 0. The van der Waals surface area contributed by atoms with Crippen molar-refractivity contribution in [2.75, 3.05) is 0 Å². The summed E-state index contributed by atoms with van der Waals surface area (Å²) in [4.78, 5) is 0. The summed E-state index contributed by atoms with van der Waals surface area (Å²) in [5.74, 6) is 0. The highest BCUT2D eigenvalue weighted by atomic mass is 14.3. The molecule has 62 heavy (non-hydrogen) atoms. The Labute approximate surface area is 361 Å². The lowest BCUT2D eigenvalue weighted by molar-refractivity contribution is 1.46. The first kappa shape index (κ1) is 35.2. The van der Waals surface area contributed by atoms with E-state index in [1.807, 2.05) is 0 Å². The van der Waals surface area contributed by atoms with Crippen LogP contribution in [0.2, 0.25) is 0 Å². The average Bonchev–Trinajstić information content (AvgIpc) is 3.79. The van der Waals surface area contributed by atoms with E-state index in [4.69, 9.17) is 0 Å².